The molecule has 0 radical (unpaired) electrons. The van der Waals surface area contributed by atoms with Gasteiger partial charge in [-0.3, -0.25) is 0 Å². The molecule has 1 aromatic carbocycles. The van der Waals surface area contributed by atoms with Gasteiger partial charge in [0.2, 0.25) is 0 Å². The number of para-hydroxylation sites is 1. The first-order valence-electron chi connectivity index (χ1n) is 4.60. The molecular weight excluding hydrogens is 226 g/mol. The van der Waals surface area contributed by atoms with Crippen LogP contribution in [0.2, 0.25) is 0 Å². The fourth-order valence-corrected chi connectivity index (χ4v) is 1.32. The summed E-state index contributed by atoms with van der Waals surface area (Å²) in [6.45, 7) is 0.320. The Kier molecular flexibility index (Phi) is 4.22. The zero-order chi connectivity index (χ0) is 10.7. The highest BCUT2D eigenvalue weighted by atomic mass is 35.5. The van der Waals surface area contributed by atoms with Gasteiger partial charge in [-0.2, -0.15) is 0 Å². The molecular formula is C11H12ClN3O. The van der Waals surface area contributed by atoms with Gasteiger partial charge in [0.25, 0.3) is 0 Å². The van der Waals surface area contributed by atoms with Crippen molar-refractivity contribution in [3.8, 4) is 16.9 Å². The summed E-state index contributed by atoms with van der Waals surface area (Å²) >= 11 is 0. The van der Waals surface area contributed by atoms with E-state index in [1.807, 2.05) is 12.1 Å². The van der Waals surface area contributed by atoms with Gasteiger partial charge >= 0.3 is 0 Å². The average molecular weight is 238 g/mol. The summed E-state index contributed by atoms with van der Waals surface area (Å²) in [6.07, 6.45) is 3.31. The maximum atomic E-state index is 9.61. The van der Waals surface area contributed by atoms with E-state index in [0.717, 1.165) is 11.1 Å². The molecule has 1 aromatic heterocycles. The number of aromatic nitrogens is 2. The van der Waals surface area contributed by atoms with Gasteiger partial charge in [0, 0.05) is 23.5 Å². The van der Waals surface area contributed by atoms with Crippen LogP contribution in [0.1, 0.15) is 5.82 Å². The fraction of sp³-hybridized carbons (Fsp3) is 0.0909. The van der Waals surface area contributed by atoms with E-state index in [1.165, 1.54) is 0 Å². The molecule has 1 heterocycles. The molecule has 0 atom stereocenters. The van der Waals surface area contributed by atoms with Crippen LogP contribution < -0.4 is 5.73 Å². The Morgan fingerprint density at radius 3 is 2.31 bits per heavy atom. The van der Waals surface area contributed by atoms with Gasteiger partial charge in [0.15, 0.2) is 0 Å². The van der Waals surface area contributed by atoms with E-state index < -0.39 is 0 Å². The molecule has 0 amide bonds. The van der Waals surface area contributed by atoms with Gasteiger partial charge < -0.3 is 10.8 Å². The number of phenols is 1. The zero-order valence-electron chi connectivity index (χ0n) is 8.50. The van der Waals surface area contributed by atoms with E-state index in [0.29, 0.717) is 12.4 Å². The van der Waals surface area contributed by atoms with Crippen molar-refractivity contribution in [2.75, 3.05) is 0 Å². The molecule has 0 bridgehead atoms. The molecule has 2 rings (SSSR count). The van der Waals surface area contributed by atoms with Crippen LogP contribution in [0.5, 0.6) is 5.75 Å². The second-order valence-corrected chi connectivity index (χ2v) is 3.11. The topological polar surface area (TPSA) is 72.0 Å². The van der Waals surface area contributed by atoms with Crippen molar-refractivity contribution in [1.29, 1.82) is 0 Å². The minimum atomic E-state index is 0. The van der Waals surface area contributed by atoms with Crippen molar-refractivity contribution < 1.29 is 5.11 Å². The summed E-state index contributed by atoms with van der Waals surface area (Å²) in [5, 5.41) is 9.61. The fourth-order valence-electron chi connectivity index (χ4n) is 1.32. The largest absolute Gasteiger partial charge is 0.507 e. The maximum absolute atomic E-state index is 9.61. The Balaban J connectivity index is 0.00000128. The Morgan fingerprint density at radius 2 is 1.75 bits per heavy atom. The lowest BCUT2D eigenvalue weighted by atomic mass is 10.1. The van der Waals surface area contributed by atoms with Gasteiger partial charge in [-0.1, -0.05) is 18.2 Å². The Hall–Kier alpha value is -1.65. The van der Waals surface area contributed by atoms with Crippen LogP contribution in [0.25, 0.3) is 11.1 Å². The molecule has 2 aromatic rings. The summed E-state index contributed by atoms with van der Waals surface area (Å²) in [5.74, 6) is 0.816. The third-order valence-electron chi connectivity index (χ3n) is 2.10. The number of benzene rings is 1. The van der Waals surface area contributed by atoms with Crippen LogP contribution in [0.15, 0.2) is 36.7 Å². The number of hydrogen-bond acceptors (Lipinski definition) is 4. The number of hydrogen-bond donors (Lipinski definition) is 2. The Labute approximate surface area is 99.6 Å². The summed E-state index contributed by atoms with van der Waals surface area (Å²) in [7, 11) is 0. The highest BCUT2D eigenvalue weighted by Gasteiger charge is 2.03. The van der Waals surface area contributed by atoms with E-state index in [1.54, 1.807) is 24.5 Å². The predicted molar refractivity (Wildman–Crippen MR) is 64.3 cm³/mol. The molecule has 4 nitrogen and oxygen atoms in total. The van der Waals surface area contributed by atoms with Crippen molar-refractivity contribution in [3.05, 3.63) is 42.5 Å². The summed E-state index contributed by atoms with van der Waals surface area (Å²) < 4.78 is 0. The summed E-state index contributed by atoms with van der Waals surface area (Å²) in [5.41, 5.74) is 6.90. The van der Waals surface area contributed by atoms with E-state index in [4.69, 9.17) is 5.73 Å². The van der Waals surface area contributed by atoms with Gasteiger partial charge in [0.1, 0.15) is 11.6 Å². The Bertz CT molecular complexity index is 459. The third-order valence-corrected chi connectivity index (χ3v) is 2.10. The lowest BCUT2D eigenvalue weighted by Crippen LogP contribution is -2.02. The summed E-state index contributed by atoms with van der Waals surface area (Å²) in [6, 6.07) is 7.07. The van der Waals surface area contributed by atoms with Crippen LogP contribution >= 0.6 is 12.4 Å². The van der Waals surface area contributed by atoms with E-state index in [9.17, 15) is 5.11 Å². The monoisotopic (exact) mass is 237 g/mol. The Morgan fingerprint density at radius 1 is 1.12 bits per heavy atom. The average Bonchev–Trinajstić information content (AvgIpc) is 2.30. The predicted octanol–water partition coefficient (Wildman–Crippen LogP) is 1.73. The molecule has 84 valence electrons. The van der Waals surface area contributed by atoms with Crippen molar-refractivity contribution >= 4 is 12.4 Å². The van der Waals surface area contributed by atoms with Crippen LogP contribution in [0.3, 0.4) is 0 Å². The molecule has 0 fully saturated rings. The van der Waals surface area contributed by atoms with Crippen LogP contribution in [0.4, 0.5) is 0 Å². The molecule has 0 saturated carbocycles. The molecule has 0 aliphatic heterocycles. The van der Waals surface area contributed by atoms with Crippen molar-refractivity contribution in [3.63, 3.8) is 0 Å². The highest BCUT2D eigenvalue weighted by molar-refractivity contribution is 5.85. The molecule has 0 saturated heterocycles. The number of rotatable bonds is 2. The number of phenolic OH excluding ortho intramolecular Hbond substituents is 1. The number of halogens is 1. The standard InChI is InChI=1S/C11H11N3O.ClH/c12-5-11-13-6-8(7-14-11)9-3-1-2-4-10(9)15;/h1-4,6-7,15H,5,12H2;1H. The maximum Gasteiger partial charge on any atom is 0.141 e. The third kappa shape index (κ3) is 2.48. The van der Waals surface area contributed by atoms with Crippen molar-refractivity contribution in [2.45, 2.75) is 6.54 Å². The zero-order valence-corrected chi connectivity index (χ0v) is 9.31. The number of nitrogens with zero attached hydrogens (tertiary/aromatic N) is 2. The van der Waals surface area contributed by atoms with Gasteiger partial charge in [0.05, 0.1) is 6.54 Å². The molecule has 16 heavy (non-hydrogen) atoms. The highest BCUT2D eigenvalue weighted by Crippen LogP contribution is 2.27. The number of nitrogens with two attached hydrogens (primary N) is 1. The quantitative estimate of drug-likeness (QED) is 0.835. The summed E-state index contributed by atoms with van der Waals surface area (Å²) in [4.78, 5) is 8.13. The van der Waals surface area contributed by atoms with E-state index >= 15 is 0 Å². The second-order valence-electron chi connectivity index (χ2n) is 3.11. The first-order chi connectivity index (χ1) is 7.31. The smallest absolute Gasteiger partial charge is 0.141 e. The van der Waals surface area contributed by atoms with E-state index in [-0.39, 0.29) is 18.2 Å². The van der Waals surface area contributed by atoms with Gasteiger partial charge in [-0.15, -0.1) is 12.4 Å². The molecule has 0 unspecified atom stereocenters. The van der Waals surface area contributed by atoms with Crippen LogP contribution in [-0.4, -0.2) is 15.1 Å². The lowest BCUT2D eigenvalue weighted by Gasteiger charge is -2.03. The molecule has 0 aliphatic rings. The molecule has 0 spiro atoms. The van der Waals surface area contributed by atoms with Crippen LogP contribution in [0, 0.1) is 0 Å². The minimum absolute atomic E-state index is 0. The van der Waals surface area contributed by atoms with Crippen molar-refractivity contribution in [2.24, 2.45) is 5.73 Å². The first-order valence-corrected chi connectivity index (χ1v) is 4.60. The molecule has 3 N–H and O–H groups in total. The minimum Gasteiger partial charge on any atom is -0.507 e. The normalized spacial score (nSPS) is 9.56. The molecule has 0 aliphatic carbocycles. The van der Waals surface area contributed by atoms with Gasteiger partial charge in [-0.25, -0.2) is 9.97 Å². The lowest BCUT2D eigenvalue weighted by molar-refractivity contribution is 0.477. The van der Waals surface area contributed by atoms with Crippen LogP contribution in [-0.2, 0) is 6.54 Å². The second kappa shape index (κ2) is 5.44. The number of aromatic hydroxyl groups is 1. The SMILES string of the molecule is Cl.NCc1ncc(-c2ccccc2O)cn1. The van der Waals surface area contributed by atoms with Crippen molar-refractivity contribution in [1.82, 2.24) is 9.97 Å². The molecule has 5 heteroatoms. The van der Waals surface area contributed by atoms with E-state index in [2.05, 4.69) is 9.97 Å². The van der Waals surface area contributed by atoms with Gasteiger partial charge in [-0.05, 0) is 6.07 Å². The first kappa shape index (κ1) is 12.4.